The molecular formula is C12H17O4P. The summed E-state index contributed by atoms with van der Waals surface area (Å²) < 4.78 is 11.6. The number of ketones is 1. The van der Waals surface area contributed by atoms with Crippen LogP contribution in [0.3, 0.4) is 0 Å². The Balaban J connectivity index is 3.27. The van der Waals surface area contributed by atoms with E-state index < -0.39 is 18.5 Å². The molecule has 17 heavy (non-hydrogen) atoms. The van der Waals surface area contributed by atoms with Gasteiger partial charge in [0.15, 0.2) is 5.78 Å². The molecule has 0 spiro atoms. The van der Waals surface area contributed by atoms with Crippen LogP contribution in [0.15, 0.2) is 30.3 Å². The van der Waals surface area contributed by atoms with Crippen LogP contribution < -0.4 is 0 Å². The Kier molecular flexibility index (Phi) is 4.26. The fourth-order valence-electron chi connectivity index (χ4n) is 1.97. The van der Waals surface area contributed by atoms with Crippen molar-refractivity contribution in [3.8, 4) is 0 Å². The third-order valence-electron chi connectivity index (χ3n) is 3.19. The maximum atomic E-state index is 12.3. The molecule has 0 saturated heterocycles. The first kappa shape index (κ1) is 14.1. The van der Waals surface area contributed by atoms with Gasteiger partial charge in [-0.25, -0.2) is 0 Å². The Bertz CT molecular complexity index is 431. The van der Waals surface area contributed by atoms with Crippen molar-refractivity contribution in [2.75, 3.05) is 0 Å². The van der Waals surface area contributed by atoms with Crippen LogP contribution in [0.1, 0.15) is 37.0 Å². The van der Waals surface area contributed by atoms with Gasteiger partial charge in [0, 0.05) is 5.56 Å². The van der Waals surface area contributed by atoms with E-state index in [9.17, 15) is 19.1 Å². The smallest absolute Gasteiger partial charge is 0.324 e. The molecule has 0 unspecified atom stereocenters. The largest absolute Gasteiger partial charge is 0.339 e. The number of hydrogen-bond acceptors (Lipinski definition) is 2. The Morgan fingerprint density at radius 2 is 1.65 bits per heavy atom. The predicted octanol–water partition coefficient (Wildman–Crippen LogP) is 2.61. The highest BCUT2D eigenvalue weighted by atomic mass is 31.2. The molecule has 1 aromatic carbocycles. The molecule has 0 aromatic heterocycles. The topological polar surface area (TPSA) is 74.6 Å². The van der Waals surface area contributed by atoms with E-state index in [0.29, 0.717) is 5.56 Å². The van der Waals surface area contributed by atoms with Crippen LogP contribution in [0.5, 0.6) is 0 Å². The lowest BCUT2D eigenvalue weighted by Gasteiger charge is -2.30. The van der Waals surface area contributed by atoms with Crippen molar-refractivity contribution < 1.29 is 19.1 Å². The normalized spacial score (nSPS) is 12.5. The quantitative estimate of drug-likeness (QED) is 0.627. The van der Waals surface area contributed by atoms with Gasteiger partial charge in [0.05, 0.1) is 0 Å². The molecule has 4 nitrogen and oxygen atoms in total. The van der Waals surface area contributed by atoms with E-state index in [1.165, 1.54) is 0 Å². The van der Waals surface area contributed by atoms with Crippen LogP contribution >= 0.6 is 7.60 Å². The molecule has 94 valence electrons. The summed E-state index contributed by atoms with van der Waals surface area (Å²) in [6, 6.07) is 8.29. The zero-order valence-corrected chi connectivity index (χ0v) is 10.9. The van der Waals surface area contributed by atoms with Crippen LogP contribution in [-0.2, 0) is 4.57 Å². The summed E-state index contributed by atoms with van der Waals surface area (Å²) in [5, 5.41) is -1.59. The predicted molar refractivity (Wildman–Crippen MR) is 66.1 cm³/mol. The Labute approximate surface area is 101 Å². The Morgan fingerprint density at radius 3 is 2.00 bits per heavy atom. The molecule has 0 fully saturated rings. The number of Topliss-reactive ketones (excluding diaryl/α,β-unsaturated/α-hetero) is 1. The lowest BCUT2D eigenvalue weighted by Crippen LogP contribution is -2.37. The first-order chi connectivity index (χ1) is 7.89. The van der Waals surface area contributed by atoms with Crippen molar-refractivity contribution >= 4 is 13.4 Å². The molecule has 0 saturated carbocycles. The molecule has 5 heteroatoms. The molecule has 0 aliphatic heterocycles. The van der Waals surface area contributed by atoms with E-state index in [1.807, 2.05) is 0 Å². The molecule has 0 heterocycles. The number of benzene rings is 1. The first-order valence-electron chi connectivity index (χ1n) is 5.54. The minimum Gasteiger partial charge on any atom is -0.324 e. The molecule has 1 rings (SSSR count). The summed E-state index contributed by atoms with van der Waals surface area (Å²) in [5.41, 5.74) is 0.347. The van der Waals surface area contributed by atoms with E-state index in [1.54, 1.807) is 44.2 Å². The fraction of sp³-hybridized carbons (Fsp3) is 0.417. The van der Waals surface area contributed by atoms with Gasteiger partial charge in [0.1, 0.15) is 5.16 Å². The minimum atomic E-state index is -4.48. The van der Waals surface area contributed by atoms with Gasteiger partial charge in [0.25, 0.3) is 0 Å². The van der Waals surface area contributed by atoms with Gasteiger partial charge < -0.3 is 9.79 Å². The summed E-state index contributed by atoms with van der Waals surface area (Å²) in [5.74, 6) is -0.476. The summed E-state index contributed by atoms with van der Waals surface area (Å²) >= 11 is 0. The Hall–Kier alpha value is -0.960. The molecule has 0 aliphatic carbocycles. The average Bonchev–Trinajstić information content (AvgIpc) is 2.30. The summed E-state index contributed by atoms with van der Waals surface area (Å²) in [6.45, 7) is 3.26. The van der Waals surface area contributed by atoms with E-state index in [-0.39, 0.29) is 12.8 Å². The number of hydrogen-bond donors (Lipinski definition) is 2. The third-order valence-corrected chi connectivity index (χ3v) is 5.14. The third kappa shape index (κ3) is 2.49. The SMILES string of the molecule is CCC(CC)(C(=O)c1ccccc1)P(=O)(O)O. The lowest BCUT2D eigenvalue weighted by atomic mass is 9.92. The van der Waals surface area contributed by atoms with Crippen LogP contribution in [-0.4, -0.2) is 20.7 Å². The lowest BCUT2D eigenvalue weighted by molar-refractivity contribution is 0.0914. The van der Waals surface area contributed by atoms with Gasteiger partial charge >= 0.3 is 7.60 Å². The van der Waals surface area contributed by atoms with Gasteiger partial charge in [-0.2, -0.15) is 0 Å². The molecule has 1 aromatic rings. The van der Waals surface area contributed by atoms with Gasteiger partial charge in [-0.3, -0.25) is 9.36 Å². The second kappa shape index (κ2) is 5.13. The highest BCUT2D eigenvalue weighted by molar-refractivity contribution is 7.55. The van der Waals surface area contributed by atoms with Gasteiger partial charge in [0.2, 0.25) is 0 Å². The summed E-state index contributed by atoms with van der Waals surface area (Å²) in [6.07, 6.45) is 0.253. The zero-order valence-electron chi connectivity index (χ0n) is 9.96. The van der Waals surface area contributed by atoms with Crippen LogP contribution in [0, 0.1) is 0 Å². The van der Waals surface area contributed by atoms with Crippen LogP contribution in [0.25, 0.3) is 0 Å². The summed E-state index contributed by atoms with van der Waals surface area (Å²) in [7, 11) is -4.48. The maximum Gasteiger partial charge on any atom is 0.339 e. The molecule has 0 amide bonds. The number of rotatable bonds is 5. The van der Waals surface area contributed by atoms with Gasteiger partial charge in [-0.05, 0) is 12.8 Å². The van der Waals surface area contributed by atoms with E-state index in [2.05, 4.69) is 0 Å². The highest BCUT2D eigenvalue weighted by Crippen LogP contribution is 2.55. The standard InChI is InChI=1S/C12H17O4P/c1-3-12(4-2,17(14,15)16)11(13)10-8-6-5-7-9-10/h5-9H,3-4H2,1-2H3,(H2,14,15,16). The summed E-state index contributed by atoms with van der Waals surface area (Å²) in [4.78, 5) is 31.2. The molecule has 0 atom stereocenters. The second-order valence-corrected chi connectivity index (χ2v) is 5.92. The fourth-order valence-corrected chi connectivity index (χ4v) is 3.19. The maximum absolute atomic E-state index is 12.3. The van der Waals surface area contributed by atoms with Crippen molar-refractivity contribution in [3.63, 3.8) is 0 Å². The van der Waals surface area contributed by atoms with E-state index in [4.69, 9.17) is 0 Å². The second-order valence-electron chi connectivity index (χ2n) is 3.98. The van der Waals surface area contributed by atoms with E-state index in [0.717, 1.165) is 0 Å². The monoisotopic (exact) mass is 256 g/mol. The minimum absolute atomic E-state index is 0.126. The van der Waals surface area contributed by atoms with Crippen molar-refractivity contribution in [2.24, 2.45) is 0 Å². The average molecular weight is 256 g/mol. The van der Waals surface area contributed by atoms with Crippen molar-refractivity contribution in [2.45, 2.75) is 31.8 Å². The van der Waals surface area contributed by atoms with Gasteiger partial charge in [-0.15, -0.1) is 0 Å². The molecule has 2 N–H and O–H groups in total. The number of carbonyl (C=O) groups excluding carboxylic acids is 1. The van der Waals surface area contributed by atoms with Gasteiger partial charge in [-0.1, -0.05) is 44.2 Å². The molecule has 0 aliphatic rings. The first-order valence-corrected chi connectivity index (χ1v) is 7.15. The molecule has 0 bridgehead atoms. The molecular weight excluding hydrogens is 239 g/mol. The van der Waals surface area contributed by atoms with E-state index >= 15 is 0 Å². The zero-order chi connectivity index (χ0) is 13.1. The molecule has 0 radical (unpaired) electrons. The van der Waals surface area contributed by atoms with Crippen molar-refractivity contribution in [3.05, 3.63) is 35.9 Å². The van der Waals surface area contributed by atoms with Crippen LogP contribution in [0.2, 0.25) is 0 Å². The van der Waals surface area contributed by atoms with Crippen LogP contribution in [0.4, 0.5) is 0 Å². The number of carbonyl (C=O) groups is 1. The Morgan fingerprint density at radius 1 is 1.18 bits per heavy atom. The highest BCUT2D eigenvalue weighted by Gasteiger charge is 2.50. The van der Waals surface area contributed by atoms with Crippen molar-refractivity contribution in [1.82, 2.24) is 0 Å². The van der Waals surface area contributed by atoms with Crippen molar-refractivity contribution in [1.29, 1.82) is 0 Å².